The fourth-order valence-electron chi connectivity index (χ4n) is 4.12. The average Bonchev–Trinajstić information content (AvgIpc) is 3.54. The van der Waals surface area contributed by atoms with Crippen LogP contribution in [-0.2, 0) is 24.1 Å². The summed E-state index contributed by atoms with van der Waals surface area (Å²) >= 11 is 0. The van der Waals surface area contributed by atoms with Gasteiger partial charge in [0.1, 0.15) is 12.2 Å². The molecule has 0 spiro atoms. The standard InChI is InChI=1S/C23H33N7O/c1-3-22-29-27-16-30(22)13-12-25-23(28-17(2)21-9-6-14-31-21)24-11-10-18-15-26-20-8-5-4-7-19(18)20/h4-5,7-8,15-17,21,26H,3,6,9-14H2,1-2H3,(H2,24,25,28). The van der Waals surface area contributed by atoms with Crippen molar-refractivity contribution in [3.05, 3.63) is 48.2 Å². The molecule has 1 fully saturated rings. The molecular weight excluding hydrogens is 390 g/mol. The maximum atomic E-state index is 5.85. The van der Waals surface area contributed by atoms with Crippen molar-refractivity contribution in [3.63, 3.8) is 0 Å². The monoisotopic (exact) mass is 423 g/mol. The minimum atomic E-state index is 0.211. The predicted molar refractivity (Wildman–Crippen MR) is 123 cm³/mol. The van der Waals surface area contributed by atoms with Crippen LogP contribution >= 0.6 is 0 Å². The van der Waals surface area contributed by atoms with Crippen molar-refractivity contribution in [2.75, 3.05) is 19.7 Å². The van der Waals surface area contributed by atoms with E-state index in [1.807, 2.05) is 0 Å². The molecule has 0 radical (unpaired) electrons. The summed E-state index contributed by atoms with van der Waals surface area (Å²) in [5, 5.41) is 16.5. The Morgan fingerprint density at radius 2 is 2.29 bits per heavy atom. The van der Waals surface area contributed by atoms with Gasteiger partial charge in [-0.2, -0.15) is 0 Å². The molecule has 2 unspecified atom stereocenters. The van der Waals surface area contributed by atoms with Crippen molar-refractivity contribution in [2.24, 2.45) is 4.99 Å². The summed E-state index contributed by atoms with van der Waals surface area (Å²) in [4.78, 5) is 8.21. The summed E-state index contributed by atoms with van der Waals surface area (Å²) in [7, 11) is 0. The van der Waals surface area contributed by atoms with Crippen molar-refractivity contribution in [2.45, 2.75) is 58.2 Å². The number of para-hydroxylation sites is 1. The lowest BCUT2D eigenvalue weighted by Crippen LogP contribution is -2.47. The number of H-pyrrole nitrogens is 1. The fraction of sp³-hybridized carbons (Fsp3) is 0.522. The minimum absolute atomic E-state index is 0.211. The van der Waals surface area contributed by atoms with Gasteiger partial charge in [-0.3, -0.25) is 4.99 Å². The highest BCUT2D eigenvalue weighted by atomic mass is 16.5. The number of ether oxygens (including phenoxy) is 1. The number of aromatic amines is 1. The summed E-state index contributed by atoms with van der Waals surface area (Å²) < 4.78 is 7.93. The molecule has 2 aromatic heterocycles. The van der Waals surface area contributed by atoms with Crippen LogP contribution in [0.25, 0.3) is 10.9 Å². The van der Waals surface area contributed by atoms with Crippen LogP contribution in [0.15, 0.2) is 41.8 Å². The number of aliphatic imine (C=N–C) groups is 1. The first kappa shape index (κ1) is 21.4. The number of aryl methyl sites for hydroxylation is 1. The molecule has 1 aliphatic heterocycles. The summed E-state index contributed by atoms with van der Waals surface area (Å²) in [6.45, 7) is 7.38. The number of rotatable bonds is 9. The quantitative estimate of drug-likeness (QED) is 0.364. The number of nitrogens with zero attached hydrogens (tertiary/aromatic N) is 4. The van der Waals surface area contributed by atoms with Crippen LogP contribution < -0.4 is 10.6 Å². The number of aromatic nitrogens is 4. The van der Waals surface area contributed by atoms with Gasteiger partial charge >= 0.3 is 0 Å². The molecule has 0 bridgehead atoms. The number of benzene rings is 1. The molecule has 0 amide bonds. The van der Waals surface area contributed by atoms with Gasteiger partial charge in [0.15, 0.2) is 5.96 Å². The third-order valence-electron chi connectivity index (χ3n) is 5.87. The highest BCUT2D eigenvalue weighted by Gasteiger charge is 2.23. The lowest BCUT2D eigenvalue weighted by Gasteiger charge is -2.23. The Bertz CT molecular complexity index is 987. The van der Waals surface area contributed by atoms with E-state index in [2.05, 4.69) is 74.7 Å². The summed E-state index contributed by atoms with van der Waals surface area (Å²) in [6, 6.07) is 8.61. The van der Waals surface area contributed by atoms with Gasteiger partial charge in [0, 0.05) is 49.8 Å². The topological polar surface area (TPSA) is 92.2 Å². The lowest BCUT2D eigenvalue weighted by molar-refractivity contribution is 0.0890. The number of hydrogen-bond donors (Lipinski definition) is 3. The minimum Gasteiger partial charge on any atom is -0.376 e. The largest absolute Gasteiger partial charge is 0.376 e. The van der Waals surface area contributed by atoms with E-state index in [0.29, 0.717) is 6.54 Å². The molecule has 166 valence electrons. The Morgan fingerprint density at radius 3 is 3.13 bits per heavy atom. The van der Waals surface area contributed by atoms with Gasteiger partial charge in [0.2, 0.25) is 0 Å². The first-order valence-electron chi connectivity index (χ1n) is 11.3. The Morgan fingerprint density at radius 1 is 1.39 bits per heavy atom. The Balaban J connectivity index is 1.38. The summed E-state index contributed by atoms with van der Waals surface area (Å²) in [5.74, 6) is 1.83. The smallest absolute Gasteiger partial charge is 0.191 e. The van der Waals surface area contributed by atoms with Crippen LogP contribution in [0.1, 0.15) is 38.1 Å². The molecule has 3 heterocycles. The van der Waals surface area contributed by atoms with Gasteiger partial charge in [-0.15, -0.1) is 10.2 Å². The Hall–Kier alpha value is -2.87. The van der Waals surface area contributed by atoms with Crippen molar-refractivity contribution < 1.29 is 4.74 Å². The average molecular weight is 424 g/mol. The highest BCUT2D eigenvalue weighted by molar-refractivity contribution is 5.83. The van der Waals surface area contributed by atoms with E-state index in [1.165, 1.54) is 16.5 Å². The highest BCUT2D eigenvalue weighted by Crippen LogP contribution is 2.18. The third-order valence-corrected chi connectivity index (χ3v) is 5.87. The number of guanidine groups is 1. The molecule has 8 nitrogen and oxygen atoms in total. The summed E-state index contributed by atoms with van der Waals surface area (Å²) in [5.41, 5.74) is 2.47. The third kappa shape index (κ3) is 5.44. The van der Waals surface area contributed by atoms with Crippen LogP contribution in [-0.4, -0.2) is 57.6 Å². The molecule has 2 atom stereocenters. The van der Waals surface area contributed by atoms with Crippen LogP contribution in [0.3, 0.4) is 0 Å². The van der Waals surface area contributed by atoms with Gasteiger partial charge < -0.3 is 24.9 Å². The molecule has 3 aromatic rings. The Labute approximate surface area is 183 Å². The molecule has 3 N–H and O–H groups in total. The SMILES string of the molecule is CCc1nncn1CCNC(=NCCc1c[nH]c2ccccc12)NC(C)C1CCCO1. The van der Waals surface area contributed by atoms with Crippen LogP contribution in [0.2, 0.25) is 0 Å². The Kier molecular flexibility index (Phi) is 7.19. The van der Waals surface area contributed by atoms with Crippen molar-refractivity contribution in [3.8, 4) is 0 Å². The number of nitrogens with one attached hydrogen (secondary N) is 3. The normalized spacial score (nSPS) is 17.9. The van der Waals surface area contributed by atoms with Crippen molar-refractivity contribution >= 4 is 16.9 Å². The molecule has 0 aliphatic carbocycles. The maximum absolute atomic E-state index is 5.85. The van der Waals surface area contributed by atoms with Crippen LogP contribution in [0, 0.1) is 0 Å². The van der Waals surface area contributed by atoms with E-state index in [0.717, 1.165) is 57.2 Å². The van der Waals surface area contributed by atoms with Crippen LogP contribution in [0.5, 0.6) is 0 Å². The van der Waals surface area contributed by atoms with Gasteiger partial charge in [-0.05, 0) is 37.8 Å². The molecule has 1 saturated heterocycles. The fourth-order valence-corrected chi connectivity index (χ4v) is 4.12. The van der Waals surface area contributed by atoms with Gasteiger partial charge in [0.05, 0.1) is 12.1 Å². The zero-order valence-electron chi connectivity index (χ0n) is 18.5. The van der Waals surface area contributed by atoms with Gasteiger partial charge in [-0.1, -0.05) is 25.1 Å². The van der Waals surface area contributed by atoms with E-state index in [1.54, 1.807) is 6.33 Å². The molecule has 1 aromatic carbocycles. The van der Waals surface area contributed by atoms with E-state index in [-0.39, 0.29) is 12.1 Å². The second-order valence-corrected chi connectivity index (χ2v) is 8.05. The zero-order chi connectivity index (χ0) is 21.5. The lowest BCUT2D eigenvalue weighted by atomic mass is 10.1. The van der Waals surface area contributed by atoms with Gasteiger partial charge in [-0.25, -0.2) is 0 Å². The molecule has 0 saturated carbocycles. The zero-order valence-corrected chi connectivity index (χ0v) is 18.5. The van der Waals surface area contributed by atoms with E-state index in [4.69, 9.17) is 9.73 Å². The number of fused-ring (bicyclic) bond motifs is 1. The molecule has 4 rings (SSSR count). The first-order chi connectivity index (χ1) is 15.2. The maximum Gasteiger partial charge on any atom is 0.191 e. The second-order valence-electron chi connectivity index (χ2n) is 8.05. The van der Waals surface area contributed by atoms with Crippen LogP contribution in [0.4, 0.5) is 0 Å². The molecule has 1 aliphatic rings. The molecule has 8 heteroatoms. The van der Waals surface area contributed by atoms with Crippen molar-refractivity contribution in [1.29, 1.82) is 0 Å². The summed E-state index contributed by atoms with van der Waals surface area (Å²) in [6.07, 6.45) is 8.11. The predicted octanol–water partition coefficient (Wildman–Crippen LogP) is 2.67. The van der Waals surface area contributed by atoms with E-state index in [9.17, 15) is 0 Å². The number of hydrogen-bond acceptors (Lipinski definition) is 4. The van der Waals surface area contributed by atoms with Crippen molar-refractivity contribution in [1.82, 2.24) is 30.4 Å². The first-order valence-corrected chi connectivity index (χ1v) is 11.3. The van der Waals surface area contributed by atoms with E-state index < -0.39 is 0 Å². The second kappa shape index (κ2) is 10.4. The molecule has 31 heavy (non-hydrogen) atoms. The van der Waals surface area contributed by atoms with Gasteiger partial charge in [0.25, 0.3) is 0 Å². The molecular formula is C23H33N7O. The van der Waals surface area contributed by atoms with E-state index >= 15 is 0 Å².